The van der Waals surface area contributed by atoms with Gasteiger partial charge in [-0.3, -0.25) is 4.90 Å². The molecule has 1 fully saturated rings. The quantitative estimate of drug-likeness (QED) is 0.776. The molecule has 102 valence electrons. The van der Waals surface area contributed by atoms with Crippen LogP contribution in [0, 0.1) is 5.92 Å². The summed E-state index contributed by atoms with van der Waals surface area (Å²) in [6.45, 7) is 9.61. The van der Waals surface area contributed by atoms with Crippen molar-refractivity contribution >= 4 is 0 Å². The van der Waals surface area contributed by atoms with E-state index in [4.69, 9.17) is 10.5 Å². The van der Waals surface area contributed by atoms with Gasteiger partial charge in [-0.2, -0.15) is 0 Å². The van der Waals surface area contributed by atoms with Crippen LogP contribution in [0.3, 0.4) is 0 Å². The molecule has 0 amide bonds. The third kappa shape index (κ3) is 4.94. The van der Waals surface area contributed by atoms with Gasteiger partial charge in [-0.1, -0.05) is 19.8 Å². The first-order chi connectivity index (χ1) is 7.97. The van der Waals surface area contributed by atoms with Gasteiger partial charge < -0.3 is 10.5 Å². The highest BCUT2D eigenvalue weighted by Gasteiger charge is 2.33. The first kappa shape index (κ1) is 14.9. The summed E-state index contributed by atoms with van der Waals surface area (Å²) in [6, 6.07) is 0.544. The molecule has 1 aliphatic rings. The van der Waals surface area contributed by atoms with Gasteiger partial charge in [0.2, 0.25) is 0 Å². The summed E-state index contributed by atoms with van der Waals surface area (Å²) in [5, 5.41) is 0. The SMILES string of the molecule is COCCN(CC1(N)CCCC(C)C1)C(C)C. The van der Waals surface area contributed by atoms with Crippen molar-refractivity contribution < 1.29 is 4.74 Å². The Morgan fingerprint density at radius 3 is 2.71 bits per heavy atom. The zero-order valence-corrected chi connectivity index (χ0v) is 12.0. The fourth-order valence-electron chi connectivity index (χ4n) is 2.98. The van der Waals surface area contributed by atoms with Crippen molar-refractivity contribution in [3.05, 3.63) is 0 Å². The van der Waals surface area contributed by atoms with E-state index in [0.717, 1.165) is 25.6 Å². The van der Waals surface area contributed by atoms with E-state index in [1.165, 1.54) is 25.7 Å². The van der Waals surface area contributed by atoms with Crippen LogP contribution in [-0.2, 0) is 4.74 Å². The lowest BCUT2D eigenvalue weighted by Crippen LogP contribution is -2.54. The van der Waals surface area contributed by atoms with Gasteiger partial charge in [0.1, 0.15) is 0 Å². The summed E-state index contributed by atoms with van der Waals surface area (Å²) in [4.78, 5) is 2.46. The van der Waals surface area contributed by atoms with Crippen LogP contribution in [0.2, 0.25) is 0 Å². The fourth-order valence-corrected chi connectivity index (χ4v) is 2.98. The molecule has 0 aromatic rings. The lowest BCUT2D eigenvalue weighted by atomic mass is 9.76. The van der Waals surface area contributed by atoms with Gasteiger partial charge in [-0.05, 0) is 32.6 Å². The second kappa shape index (κ2) is 6.72. The van der Waals surface area contributed by atoms with E-state index in [1.807, 2.05) is 0 Å². The lowest BCUT2D eigenvalue weighted by Gasteiger charge is -2.41. The van der Waals surface area contributed by atoms with Crippen LogP contribution >= 0.6 is 0 Å². The molecule has 0 aromatic heterocycles. The predicted octanol–water partition coefficient (Wildman–Crippen LogP) is 2.25. The molecular formula is C14H30N2O. The molecule has 0 radical (unpaired) electrons. The largest absolute Gasteiger partial charge is 0.383 e. The van der Waals surface area contributed by atoms with Crippen LogP contribution in [0.1, 0.15) is 46.5 Å². The van der Waals surface area contributed by atoms with Crippen molar-refractivity contribution in [3.63, 3.8) is 0 Å². The summed E-state index contributed by atoms with van der Waals surface area (Å²) in [7, 11) is 1.76. The van der Waals surface area contributed by atoms with Gasteiger partial charge in [0.15, 0.2) is 0 Å². The lowest BCUT2D eigenvalue weighted by molar-refractivity contribution is 0.0908. The minimum Gasteiger partial charge on any atom is -0.383 e. The fraction of sp³-hybridized carbons (Fsp3) is 1.00. The second-order valence-corrected chi connectivity index (χ2v) is 6.12. The smallest absolute Gasteiger partial charge is 0.0589 e. The molecule has 1 aliphatic carbocycles. The molecule has 17 heavy (non-hydrogen) atoms. The summed E-state index contributed by atoms with van der Waals surface area (Å²) in [5.41, 5.74) is 6.60. The van der Waals surface area contributed by atoms with Gasteiger partial charge in [0.25, 0.3) is 0 Å². The zero-order valence-electron chi connectivity index (χ0n) is 12.0. The van der Waals surface area contributed by atoms with Crippen LogP contribution in [0.5, 0.6) is 0 Å². The molecule has 2 unspecified atom stereocenters. The number of hydrogen-bond acceptors (Lipinski definition) is 3. The van der Waals surface area contributed by atoms with Crippen molar-refractivity contribution in [2.24, 2.45) is 11.7 Å². The highest BCUT2D eigenvalue weighted by molar-refractivity contribution is 4.92. The van der Waals surface area contributed by atoms with E-state index in [1.54, 1.807) is 7.11 Å². The van der Waals surface area contributed by atoms with Crippen molar-refractivity contribution in [2.75, 3.05) is 26.8 Å². The standard InChI is InChI=1S/C14H30N2O/c1-12(2)16(8-9-17-4)11-14(15)7-5-6-13(3)10-14/h12-13H,5-11,15H2,1-4H3. The predicted molar refractivity (Wildman–Crippen MR) is 73.1 cm³/mol. The maximum Gasteiger partial charge on any atom is 0.0589 e. The van der Waals surface area contributed by atoms with E-state index >= 15 is 0 Å². The highest BCUT2D eigenvalue weighted by Crippen LogP contribution is 2.31. The Morgan fingerprint density at radius 1 is 1.47 bits per heavy atom. The zero-order chi connectivity index (χ0) is 12.9. The van der Waals surface area contributed by atoms with Crippen LogP contribution in [0.4, 0.5) is 0 Å². The molecule has 0 heterocycles. The maximum atomic E-state index is 6.58. The average molecular weight is 242 g/mol. The number of nitrogens with zero attached hydrogens (tertiary/aromatic N) is 1. The molecule has 0 spiro atoms. The molecular weight excluding hydrogens is 212 g/mol. The number of rotatable bonds is 6. The summed E-state index contributed by atoms with van der Waals surface area (Å²) < 4.78 is 5.18. The van der Waals surface area contributed by atoms with E-state index in [-0.39, 0.29) is 5.54 Å². The first-order valence-electron chi connectivity index (χ1n) is 6.99. The van der Waals surface area contributed by atoms with Gasteiger partial charge in [-0.15, -0.1) is 0 Å². The molecule has 0 saturated heterocycles. The molecule has 0 bridgehead atoms. The molecule has 0 aliphatic heterocycles. The molecule has 1 rings (SSSR count). The van der Waals surface area contributed by atoms with Crippen LogP contribution in [-0.4, -0.2) is 43.3 Å². The minimum absolute atomic E-state index is 0.0235. The Morgan fingerprint density at radius 2 is 2.18 bits per heavy atom. The van der Waals surface area contributed by atoms with Crippen LogP contribution in [0.15, 0.2) is 0 Å². The minimum atomic E-state index is 0.0235. The maximum absolute atomic E-state index is 6.58. The summed E-state index contributed by atoms with van der Waals surface area (Å²) >= 11 is 0. The van der Waals surface area contributed by atoms with Gasteiger partial charge in [0.05, 0.1) is 6.61 Å². The number of hydrogen-bond donors (Lipinski definition) is 1. The Bertz CT molecular complexity index is 220. The number of nitrogens with two attached hydrogens (primary N) is 1. The third-order valence-electron chi connectivity index (χ3n) is 3.96. The Kier molecular flexibility index (Phi) is 5.90. The van der Waals surface area contributed by atoms with Gasteiger partial charge in [0, 0.05) is 31.8 Å². The monoisotopic (exact) mass is 242 g/mol. The molecule has 2 N–H and O–H groups in total. The van der Waals surface area contributed by atoms with E-state index in [0.29, 0.717) is 6.04 Å². The summed E-state index contributed by atoms with van der Waals surface area (Å²) in [6.07, 6.45) is 4.98. The molecule has 3 nitrogen and oxygen atoms in total. The number of methoxy groups -OCH3 is 1. The Labute approximate surface area is 107 Å². The van der Waals surface area contributed by atoms with E-state index in [9.17, 15) is 0 Å². The topological polar surface area (TPSA) is 38.5 Å². The Balaban J connectivity index is 2.52. The first-order valence-corrected chi connectivity index (χ1v) is 6.99. The highest BCUT2D eigenvalue weighted by atomic mass is 16.5. The van der Waals surface area contributed by atoms with Crippen LogP contribution in [0.25, 0.3) is 0 Å². The molecule has 0 aromatic carbocycles. The average Bonchev–Trinajstić information content (AvgIpc) is 2.23. The third-order valence-corrected chi connectivity index (χ3v) is 3.96. The molecule has 1 saturated carbocycles. The Hall–Kier alpha value is -0.120. The number of ether oxygens (including phenoxy) is 1. The molecule has 3 heteroatoms. The molecule has 2 atom stereocenters. The van der Waals surface area contributed by atoms with Crippen molar-refractivity contribution in [2.45, 2.75) is 58.0 Å². The summed E-state index contributed by atoms with van der Waals surface area (Å²) in [5.74, 6) is 0.783. The normalized spacial score (nSPS) is 30.2. The van der Waals surface area contributed by atoms with E-state index < -0.39 is 0 Å². The van der Waals surface area contributed by atoms with Crippen molar-refractivity contribution in [3.8, 4) is 0 Å². The van der Waals surface area contributed by atoms with Crippen molar-refractivity contribution in [1.82, 2.24) is 4.90 Å². The second-order valence-electron chi connectivity index (χ2n) is 6.12. The van der Waals surface area contributed by atoms with E-state index in [2.05, 4.69) is 25.7 Å². The van der Waals surface area contributed by atoms with Crippen LogP contribution < -0.4 is 5.73 Å². The van der Waals surface area contributed by atoms with Gasteiger partial charge >= 0.3 is 0 Å². The van der Waals surface area contributed by atoms with Gasteiger partial charge in [-0.25, -0.2) is 0 Å². The van der Waals surface area contributed by atoms with Crippen molar-refractivity contribution in [1.29, 1.82) is 0 Å².